The van der Waals surface area contributed by atoms with E-state index in [1.165, 1.54) is 10.8 Å². The first kappa shape index (κ1) is 21.5. The average molecular weight is 470 g/mol. The number of aliphatic hydroxyl groups is 3. The maximum absolute atomic E-state index is 12.3. The van der Waals surface area contributed by atoms with Crippen molar-refractivity contribution in [2.45, 2.75) is 24.5 Å². The van der Waals surface area contributed by atoms with Gasteiger partial charge >= 0.3 is 0 Å². The third-order valence-corrected chi connectivity index (χ3v) is 5.23. The molecule has 4 atom stereocenters. The van der Waals surface area contributed by atoms with Crippen molar-refractivity contribution in [2.75, 3.05) is 17.8 Å². The molecule has 0 bridgehead atoms. The van der Waals surface area contributed by atoms with Gasteiger partial charge in [-0.2, -0.15) is 10.1 Å². The molecule has 3 heterocycles. The van der Waals surface area contributed by atoms with Crippen LogP contribution < -0.4 is 16.7 Å². The number of ether oxygens (including phenoxy) is 1. The lowest BCUT2D eigenvalue weighted by atomic mass is 10.1. The van der Waals surface area contributed by atoms with Crippen LogP contribution >= 0.6 is 23.2 Å². The van der Waals surface area contributed by atoms with Crippen LogP contribution in [-0.4, -0.2) is 66.0 Å². The molecule has 1 aromatic carbocycles. The Hall–Kier alpha value is -2.74. The van der Waals surface area contributed by atoms with Crippen LogP contribution in [0.2, 0.25) is 10.0 Å². The number of hydrazone groups is 1. The van der Waals surface area contributed by atoms with E-state index in [0.717, 1.165) is 0 Å². The third-order valence-electron chi connectivity index (χ3n) is 4.67. The van der Waals surface area contributed by atoms with Crippen molar-refractivity contribution >= 4 is 52.5 Å². The number of H-pyrrole nitrogens is 1. The number of nitrogen functional groups attached to an aromatic ring is 1. The summed E-state index contributed by atoms with van der Waals surface area (Å²) in [6.45, 7) is -0.534. The Morgan fingerprint density at radius 3 is 2.77 bits per heavy atom. The van der Waals surface area contributed by atoms with E-state index in [2.05, 4.69) is 25.5 Å². The smallest absolute Gasteiger partial charge is 0.280 e. The Labute approximate surface area is 183 Å². The van der Waals surface area contributed by atoms with Gasteiger partial charge in [-0.15, -0.1) is 0 Å². The zero-order valence-corrected chi connectivity index (χ0v) is 17.1. The number of imidazole rings is 1. The lowest BCUT2D eigenvalue weighted by Crippen LogP contribution is -2.33. The SMILES string of the molecule is Nc1nc2c(nc(NN=Cc3ccc(Cl)cc3Cl)n2C2OC(CO)C(O)C2O)c(=O)[nH]1. The fourth-order valence-corrected chi connectivity index (χ4v) is 3.64. The van der Waals surface area contributed by atoms with Crippen LogP contribution in [0.1, 0.15) is 11.8 Å². The molecular formula is C17H17Cl2N7O5. The molecule has 4 rings (SSSR count). The molecule has 0 aliphatic carbocycles. The summed E-state index contributed by atoms with van der Waals surface area (Å²) in [5.41, 5.74) is 8.10. The summed E-state index contributed by atoms with van der Waals surface area (Å²) in [6, 6.07) is 4.83. The molecule has 3 aromatic rings. The molecule has 164 valence electrons. The predicted octanol–water partition coefficient (Wildman–Crippen LogP) is 0.0661. The molecule has 0 spiro atoms. The molecule has 1 saturated heterocycles. The minimum Gasteiger partial charge on any atom is -0.394 e. The van der Waals surface area contributed by atoms with Gasteiger partial charge in [0.15, 0.2) is 17.4 Å². The van der Waals surface area contributed by atoms with Gasteiger partial charge in [-0.05, 0) is 12.1 Å². The van der Waals surface area contributed by atoms with Gasteiger partial charge in [0, 0.05) is 10.6 Å². The zero-order valence-electron chi connectivity index (χ0n) is 15.6. The molecule has 14 heteroatoms. The minimum absolute atomic E-state index is 0.0154. The van der Waals surface area contributed by atoms with E-state index in [1.807, 2.05) is 0 Å². The number of aliphatic hydroxyl groups excluding tert-OH is 3. The van der Waals surface area contributed by atoms with Crippen molar-refractivity contribution in [1.29, 1.82) is 0 Å². The molecule has 1 aliphatic rings. The number of benzene rings is 1. The lowest BCUT2D eigenvalue weighted by Gasteiger charge is -2.18. The fourth-order valence-electron chi connectivity index (χ4n) is 3.18. The number of nitrogens with two attached hydrogens (primary N) is 1. The van der Waals surface area contributed by atoms with E-state index in [1.54, 1.807) is 18.2 Å². The molecule has 7 N–H and O–H groups in total. The maximum Gasteiger partial charge on any atom is 0.280 e. The number of hydrogen-bond acceptors (Lipinski definition) is 10. The van der Waals surface area contributed by atoms with Crippen LogP contribution in [0.15, 0.2) is 28.1 Å². The number of aromatic amines is 1. The molecular weight excluding hydrogens is 453 g/mol. The monoisotopic (exact) mass is 469 g/mol. The third kappa shape index (κ3) is 3.96. The van der Waals surface area contributed by atoms with Gasteiger partial charge < -0.3 is 25.8 Å². The number of aromatic nitrogens is 4. The first-order valence-corrected chi connectivity index (χ1v) is 9.70. The average Bonchev–Trinajstić information content (AvgIpc) is 3.21. The summed E-state index contributed by atoms with van der Waals surface area (Å²) in [5.74, 6) is -0.219. The highest BCUT2D eigenvalue weighted by Crippen LogP contribution is 2.34. The van der Waals surface area contributed by atoms with Crippen molar-refractivity contribution in [2.24, 2.45) is 5.10 Å². The second kappa shape index (κ2) is 8.42. The first-order valence-electron chi connectivity index (χ1n) is 8.94. The summed E-state index contributed by atoms with van der Waals surface area (Å²) in [7, 11) is 0. The van der Waals surface area contributed by atoms with E-state index in [-0.39, 0.29) is 23.1 Å². The van der Waals surface area contributed by atoms with Gasteiger partial charge in [0.2, 0.25) is 11.9 Å². The van der Waals surface area contributed by atoms with Crippen molar-refractivity contribution in [3.05, 3.63) is 44.2 Å². The molecule has 0 amide bonds. The number of anilines is 2. The molecule has 31 heavy (non-hydrogen) atoms. The summed E-state index contributed by atoms with van der Waals surface area (Å²) >= 11 is 12.0. The molecule has 0 saturated carbocycles. The molecule has 1 fully saturated rings. The first-order chi connectivity index (χ1) is 14.8. The van der Waals surface area contributed by atoms with E-state index in [9.17, 15) is 20.1 Å². The largest absolute Gasteiger partial charge is 0.394 e. The van der Waals surface area contributed by atoms with Crippen LogP contribution in [0, 0.1) is 0 Å². The number of nitrogens with one attached hydrogen (secondary N) is 2. The highest BCUT2D eigenvalue weighted by molar-refractivity contribution is 6.36. The maximum atomic E-state index is 12.3. The number of rotatable bonds is 5. The fraction of sp³-hybridized carbons (Fsp3) is 0.294. The van der Waals surface area contributed by atoms with E-state index in [4.69, 9.17) is 33.7 Å². The Bertz CT molecular complexity index is 1210. The van der Waals surface area contributed by atoms with Crippen molar-refractivity contribution in [3.8, 4) is 0 Å². The highest BCUT2D eigenvalue weighted by Gasteiger charge is 2.45. The van der Waals surface area contributed by atoms with Crippen LogP contribution in [0.5, 0.6) is 0 Å². The van der Waals surface area contributed by atoms with Crippen LogP contribution in [0.4, 0.5) is 11.9 Å². The van der Waals surface area contributed by atoms with E-state index < -0.39 is 36.7 Å². The van der Waals surface area contributed by atoms with Crippen molar-refractivity contribution in [1.82, 2.24) is 19.5 Å². The number of fused-ring (bicyclic) bond motifs is 1. The normalized spacial score (nSPS) is 23.8. The Morgan fingerprint density at radius 1 is 1.32 bits per heavy atom. The summed E-state index contributed by atoms with van der Waals surface area (Å²) in [5, 5.41) is 34.8. The van der Waals surface area contributed by atoms with Crippen LogP contribution in [-0.2, 0) is 4.74 Å². The zero-order chi connectivity index (χ0) is 22.3. The molecule has 1 aliphatic heterocycles. The van der Waals surface area contributed by atoms with E-state index >= 15 is 0 Å². The van der Waals surface area contributed by atoms with Crippen molar-refractivity contribution in [3.63, 3.8) is 0 Å². The van der Waals surface area contributed by atoms with Crippen molar-refractivity contribution < 1.29 is 20.1 Å². The lowest BCUT2D eigenvalue weighted by molar-refractivity contribution is -0.0501. The predicted molar refractivity (Wildman–Crippen MR) is 113 cm³/mol. The van der Waals surface area contributed by atoms with E-state index in [0.29, 0.717) is 15.6 Å². The van der Waals surface area contributed by atoms with Gasteiger partial charge in [0.05, 0.1) is 17.8 Å². The molecule has 2 aromatic heterocycles. The Morgan fingerprint density at radius 2 is 2.10 bits per heavy atom. The summed E-state index contributed by atoms with van der Waals surface area (Å²) < 4.78 is 6.78. The van der Waals surface area contributed by atoms with Gasteiger partial charge in [0.1, 0.15) is 18.3 Å². The molecule has 4 unspecified atom stereocenters. The van der Waals surface area contributed by atoms with Gasteiger partial charge in [-0.25, -0.2) is 10.4 Å². The summed E-state index contributed by atoms with van der Waals surface area (Å²) in [4.78, 5) is 22.8. The van der Waals surface area contributed by atoms with Crippen LogP contribution in [0.3, 0.4) is 0 Å². The second-order valence-corrected chi connectivity index (χ2v) is 7.54. The second-order valence-electron chi connectivity index (χ2n) is 6.69. The minimum atomic E-state index is -1.45. The van der Waals surface area contributed by atoms with Crippen LogP contribution in [0.25, 0.3) is 11.2 Å². The van der Waals surface area contributed by atoms with Gasteiger partial charge in [-0.1, -0.05) is 29.3 Å². The summed E-state index contributed by atoms with van der Waals surface area (Å²) in [6.07, 6.45) is -3.72. The number of hydrogen-bond donors (Lipinski definition) is 6. The topological polar surface area (TPSA) is 184 Å². The van der Waals surface area contributed by atoms with Gasteiger partial charge in [-0.3, -0.25) is 14.3 Å². The highest BCUT2D eigenvalue weighted by atomic mass is 35.5. The Kier molecular flexibility index (Phi) is 5.83. The number of nitrogens with zero attached hydrogens (tertiary/aromatic N) is 4. The standard InChI is InChI=1S/C17H17Cl2N7O5/c18-7-2-1-6(8(19)3-7)4-21-25-17-22-10-13(23-16(20)24-14(10)30)26(17)15-12(29)11(28)9(5-27)31-15/h1-4,9,11-12,15,27-29H,5H2,(H,22,25)(H3,20,23,24,30). The molecule has 12 nitrogen and oxygen atoms in total. The molecule has 0 radical (unpaired) electrons. The van der Waals surface area contributed by atoms with Gasteiger partial charge in [0.25, 0.3) is 5.56 Å². The quantitative estimate of drug-likeness (QED) is 0.222. The number of halogens is 2. The Balaban J connectivity index is 1.76.